The third kappa shape index (κ3) is 8.57. The van der Waals surface area contributed by atoms with Gasteiger partial charge in [0.2, 0.25) is 5.91 Å². The lowest BCUT2D eigenvalue weighted by atomic mass is 10.0. The number of hydrogen-bond acceptors (Lipinski definition) is 3. The first-order chi connectivity index (χ1) is 6.87. The zero-order valence-corrected chi connectivity index (χ0v) is 10.9. The first-order valence-corrected chi connectivity index (χ1v) is 6.92. The highest BCUT2D eigenvalue weighted by molar-refractivity contribution is 7.84. The van der Waals surface area contributed by atoms with Gasteiger partial charge in [0.1, 0.15) is 0 Å². The Kier molecular flexibility index (Phi) is 6.76. The van der Waals surface area contributed by atoms with Crippen molar-refractivity contribution in [3.05, 3.63) is 0 Å². The van der Waals surface area contributed by atoms with Crippen molar-refractivity contribution in [2.45, 2.75) is 32.7 Å². The van der Waals surface area contributed by atoms with Gasteiger partial charge in [0.15, 0.2) is 0 Å². The van der Waals surface area contributed by atoms with E-state index in [0.717, 1.165) is 6.42 Å². The van der Waals surface area contributed by atoms with Gasteiger partial charge in [-0.1, -0.05) is 6.92 Å². The maximum absolute atomic E-state index is 11.4. The van der Waals surface area contributed by atoms with E-state index in [4.69, 9.17) is 0 Å². The second-order valence-electron chi connectivity index (χ2n) is 4.24. The van der Waals surface area contributed by atoms with E-state index in [1.165, 1.54) is 0 Å². The molecule has 0 radical (unpaired) electrons. The molecular weight excluding hydrogens is 212 g/mol. The van der Waals surface area contributed by atoms with Gasteiger partial charge in [-0.2, -0.15) is 0 Å². The Labute approximate surface area is 94.7 Å². The van der Waals surface area contributed by atoms with Crippen molar-refractivity contribution < 1.29 is 9.00 Å². The average molecular weight is 234 g/mol. The molecule has 4 nitrogen and oxygen atoms in total. The molecule has 0 fully saturated rings. The minimum atomic E-state index is -0.795. The highest BCUT2D eigenvalue weighted by Gasteiger charge is 2.16. The summed E-state index contributed by atoms with van der Waals surface area (Å²) in [5.41, 5.74) is -0.146. The molecule has 0 rings (SSSR count). The minimum Gasteiger partial charge on any atom is -0.350 e. The highest BCUT2D eigenvalue weighted by atomic mass is 32.2. The molecule has 0 saturated carbocycles. The molecule has 0 saturated heterocycles. The molecule has 5 heteroatoms. The van der Waals surface area contributed by atoms with E-state index < -0.39 is 10.8 Å². The number of nitrogens with one attached hydrogen (secondary N) is 2. The van der Waals surface area contributed by atoms with Crippen molar-refractivity contribution in [1.82, 2.24) is 10.6 Å². The molecule has 0 heterocycles. The maximum Gasteiger partial charge on any atom is 0.234 e. The van der Waals surface area contributed by atoms with Crippen LogP contribution < -0.4 is 10.6 Å². The van der Waals surface area contributed by atoms with Gasteiger partial charge in [-0.05, 0) is 20.3 Å². The third-order valence-electron chi connectivity index (χ3n) is 2.21. The van der Waals surface area contributed by atoms with Crippen LogP contribution in [0.5, 0.6) is 0 Å². The van der Waals surface area contributed by atoms with E-state index in [2.05, 4.69) is 10.6 Å². The molecule has 0 aliphatic carbocycles. The fraction of sp³-hybridized carbons (Fsp3) is 0.900. The molecule has 0 aliphatic rings. The molecule has 0 aromatic carbocycles. The largest absolute Gasteiger partial charge is 0.350 e. The molecule has 15 heavy (non-hydrogen) atoms. The van der Waals surface area contributed by atoms with E-state index >= 15 is 0 Å². The quantitative estimate of drug-likeness (QED) is 0.621. The first-order valence-electron chi connectivity index (χ1n) is 5.19. The second kappa shape index (κ2) is 6.95. The highest BCUT2D eigenvalue weighted by Crippen LogP contribution is 2.05. The normalized spacial score (nSPS) is 13.6. The van der Waals surface area contributed by atoms with Crippen molar-refractivity contribution in [2.24, 2.45) is 0 Å². The van der Waals surface area contributed by atoms with Crippen LogP contribution in [-0.4, -0.2) is 40.8 Å². The van der Waals surface area contributed by atoms with E-state index in [1.54, 1.807) is 6.26 Å². The van der Waals surface area contributed by atoms with E-state index in [-0.39, 0.29) is 11.4 Å². The number of rotatable bonds is 7. The summed E-state index contributed by atoms with van der Waals surface area (Å²) in [7, 11) is -0.795. The fourth-order valence-corrected chi connectivity index (χ4v) is 1.36. The SMILES string of the molecule is CCC(C)(C)NC(=O)CNCCS(C)=O. The summed E-state index contributed by atoms with van der Waals surface area (Å²) >= 11 is 0. The van der Waals surface area contributed by atoms with Crippen LogP contribution in [0.3, 0.4) is 0 Å². The zero-order valence-electron chi connectivity index (χ0n) is 10.1. The number of hydrogen-bond donors (Lipinski definition) is 2. The summed E-state index contributed by atoms with van der Waals surface area (Å²) in [4.78, 5) is 11.4. The van der Waals surface area contributed by atoms with Crippen molar-refractivity contribution in [1.29, 1.82) is 0 Å². The summed E-state index contributed by atoms with van der Waals surface area (Å²) < 4.78 is 10.7. The molecule has 0 bridgehead atoms. The predicted octanol–water partition coefficient (Wildman–Crippen LogP) is 0.259. The van der Waals surface area contributed by atoms with Crippen LogP contribution in [0.25, 0.3) is 0 Å². The van der Waals surface area contributed by atoms with Gasteiger partial charge in [0, 0.05) is 34.9 Å². The van der Waals surface area contributed by atoms with Crippen LogP contribution in [0.15, 0.2) is 0 Å². The Morgan fingerprint density at radius 1 is 1.40 bits per heavy atom. The van der Waals surface area contributed by atoms with Crippen LogP contribution >= 0.6 is 0 Å². The van der Waals surface area contributed by atoms with E-state index in [1.807, 2.05) is 20.8 Å². The Morgan fingerprint density at radius 2 is 2.00 bits per heavy atom. The van der Waals surface area contributed by atoms with Crippen molar-refractivity contribution in [2.75, 3.05) is 25.1 Å². The molecule has 2 N–H and O–H groups in total. The van der Waals surface area contributed by atoms with E-state index in [9.17, 15) is 9.00 Å². The Morgan fingerprint density at radius 3 is 2.47 bits per heavy atom. The number of carbonyl (C=O) groups excluding carboxylic acids is 1. The zero-order chi connectivity index (χ0) is 11.9. The van der Waals surface area contributed by atoms with Crippen molar-refractivity contribution in [3.8, 4) is 0 Å². The summed E-state index contributed by atoms with van der Waals surface area (Å²) in [5, 5.41) is 5.87. The lowest BCUT2D eigenvalue weighted by Crippen LogP contribution is -2.46. The topological polar surface area (TPSA) is 58.2 Å². The standard InChI is InChI=1S/C10H22N2O2S/c1-5-10(2,3)12-9(13)8-11-6-7-15(4)14/h11H,5-8H2,1-4H3,(H,12,13). The maximum atomic E-state index is 11.4. The third-order valence-corrected chi connectivity index (χ3v) is 2.99. The van der Waals surface area contributed by atoms with Gasteiger partial charge in [-0.25, -0.2) is 0 Å². The molecule has 0 aromatic rings. The molecule has 0 aromatic heterocycles. The van der Waals surface area contributed by atoms with Gasteiger partial charge >= 0.3 is 0 Å². The molecule has 1 unspecified atom stereocenters. The lowest BCUT2D eigenvalue weighted by molar-refractivity contribution is -0.121. The number of amides is 1. The molecule has 0 aliphatic heterocycles. The second-order valence-corrected chi connectivity index (χ2v) is 5.79. The van der Waals surface area contributed by atoms with Crippen molar-refractivity contribution in [3.63, 3.8) is 0 Å². The van der Waals surface area contributed by atoms with Crippen molar-refractivity contribution >= 4 is 16.7 Å². The Balaban J connectivity index is 3.62. The molecule has 1 atom stereocenters. The molecule has 0 spiro atoms. The van der Waals surface area contributed by atoms with Crippen LogP contribution in [-0.2, 0) is 15.6 Å². The number of carbonyl (C=O) groups is 1. The summed E-state index contributed by atoms with van der Waals surface area (Å²) in [6, 6.07) is 0. The minimum absolute atomic E-state index is 0.0104. The first kappa shape index (κ1) is 14.6. The summed E-state index contributed by atoms with van der Waals surface area (Å²) in [6.07, 6.45) is 2.56. The van der Waals surface area contributed by atoms with Gasteiger partial charge in [-0.15, -0.1) is 0 Å². The monoisotopic (exact) mass is 234 g/mol. The fourth-order valence-electron chi connectivity index (χ4n) is 0.928. The Bertz CT molecular complexity index is 229. The molecule has 1 amide bonds. The van der Waals surface area contributed by atoms with Crippen LogP contribution in [0, 0.1) is 0 Å². The smallest absolute Gasteiger partial charge is 0.234 e. The van der Waals surface area contributed by atoms with E-state index in [0.29, 0.717) is 18.8 Å². The predicted molar refractivity (Wildman–Crippen MR) is 64.3 cm³/mol. The van der Waals surface area contributed by atoms with Crippen LogP contribution in [0.2, 0.25) is 0 Å². The van der Waals surface area contributed by atoms with Gasteiger partial charge < -0.3 is 10.6 Å². The summed E-state index contributed by atoms with van der Waals surface area (Å²) in [6.45, 7) is 6.93. The summed E-state index contributed by atoms with van der Waals surface area (Å²) in [5.74, 6) is 0.577. The molecular formula is C10H22N2O2S. The van der Waals surface area contributed by atoms with Crippen LogP contribution in [0.4, 0.5) is 0 Å². The lowest BCUT2D eigenvalue weighted by Gasteiger charge is -2.24. The van der Waals surface area contributed by atoms with Gasteiger partial charge in [-0.3, -0.25) is 9.00 Å². The average Bonchev–Trinajstić information content (AvgIpc) is 2.11. The Hall–Kier alpha value is -0.420. The molecule has 90 valence electrons. The van der Waals surface area contributed by atoms with Gasteiger partial charge in [0.05, 0.1) is 6.54 Å². The van der Waals surface area contributed by atoms with Gasteiger partial charge in [0.25, 0.3) is 0 Å². The van der Waals surface area contributed by atoms with Crippen LogP contribution in [0.1, 0.15) is 27.2 Å².